The number of likely N-dealkylation sites (tertiary alicyclic amines) is 1. The van der Waals surface area contributed by atoms with Gasteiger partial charge < -0.3 is 15.2 Å². The van der Waals surface area contributed by atoms with Crippen molar-refractivity contribution >= 4 is 0 Å². The van der Waals surface area contributed by atoms with Crippen molar-refractivity contribution in [1.29, 1.82) is 0 Å². The molecule has 0 radical (unpaired) electrons. The van der Waals surface area contributed by atoms with E-state index in [0.29, 0.717) is 12.0 Å². The summed E-state index contributed by atoms with van der Waals surface area (Å²) in [5, 5.41) is 0. The number of nitrogens with two attached hydrogens (primary N) is 1. The molecule has 1 aliphatic carbocycles. The minimum absolute atomic E-state index is 0.405. The van der Waals surface area contributed by atoms with E-state index in [2.05, 4.69) is 11.0 Å². The summed E-state index contributed by atoms with van der Waals surface area (Å²) in [6.45, 7) is 3.24. The normalized spacial score (nSPS) is 29.4. The Morgan fingerprint density at radius 2 is 2.05 bits per heavy atom. The SMILES string of the molecule is COc1ccc(CN2CC3CCC(N)C3C2)c(OC)c1. The van der Waals surface area contributed by atoms with Gasteiger partial charge in [0.25, 0.3) is 0 Å². The third-order valence-electron chi connectivity index (χ3n) is 4.88. The molecule has 3 rings (SSSR count). The van der Waals surface area contributed by atoms with E-state index < -0.39 is 0 Å². The fraction of sp³-hybridized carbons (Fsp3) is 0.625. The van der Waals surface area contributed by atoms with Crippen molar-refractivity contribution in [2.24, 2.45) is 17.6 Å². The van der Waals surface area contributed by atoms with Crippen LogP contribution in [0.1, 0.15) is 18.4 Å². The third kappa shape index (κ3) is 2.50. The van der Waals surface area contributed by atoms with Crippen LogP contribution in [-0.2, 0) is 6.54 Å². The first kappa shape index (κ1) is 13.7. The third-order valence-corrected chi connectivity index (χ3v) is 4.88. The van der Waals surface area contributed by atoms with Gasteiger partial charge in [0.2, 0.25) is 0 Å². The summed E-state index contributed by atoms with van der Waals surface area (Å²) in [7, 11) is 3.39. The van der Waals surface area contributed by atoms with Gasteiger partial charge in [-0.1, -0.05) is 6.07 Å². The second kappa shape index (κ2) is 5.62. The van der Waals surface area contributed by atoms with Crippen molar-refractivity contribution in [3.63, 3.8) is 0 Å². The molecular weight excluding hydrogens is 252 g/mol. The smallest absolute Gasteiger partial charge is 0.127 e. The molecule has 3 unspecified atom stereocenters. The summed E-state index contributed by atoms with van der Waals surface area (Å²) < 4.78 is 10.7. The Labute approximate surface area is 120 Å². The molecule has 0 spiro atoms. The van der Waals surface area contributed by atoms with Gasteiger partial charge in [0.1, 0.15) is 11.5 Å². The molecule has 1 saturated heterocycles. The zero-order valence-electron chi connectivity index (χ0n) is 12.3. The molecule has 4 heteroatoms. The number of ether oxygens (including phenoxy) is 2. The molecule has 2 N–H and O–H groups in total. The molecule has 2 aliphatic rings. The van der Waals surface area contributed by atoms with Crippen LogP contribution in [-0.4, -0.2) is 38.3 Å². The lowest BCUT2D eigenvalue weighted by Gasteiger charge is -2.20. The molecule has 20 heavy (non-hydrogen) atoms. The first-order valence-electron chi connectivity index (χ1n) is 7.40. The minimum atomic E-state index is 0.405. The van der Waals surface area contributed by atoms with Gasteiger partial charge in [-0.25, -0.2) is 0 Å². The number of benzene rings is 1. The largest absolute Gasteiger partial charge is 0.497 e. The second-order valence-electron chi connectivity index (χ2n) is 6.04. The lowest BCUT2D eigenvalue weighted by atomic mass is 9.98. The number of hydrogen-bond donors (Lipinski definition) is 1. The maximum Gasteiger partial charge on any atom is 0.127 e. The van der Waals surface area contributed by atoms with Gasteiger partial charge in [-0.2, -0.15) is 0 Å². The topological polar surface area (TPSA) is 47.7 Å². The van der Waals surface area contributed by atoms with Crippen molar-refractivity contribution in [3.8, 4) is 11.5 Å². The summed E-state index contributed by atoms with van der Waals surface area (Å²) in [4.78, 5) is 2.51. The molecule has 0 aromatic heterocycles. The lowest BCUT2D eigenvalue weighted by Crippen LogP contribution is -2.30. The minimum Gasteiger partial charge on any atom is -0.497 e. The van der Waals surface area contributed by atoms with E-state index in [4.69, 9.17) is 15.2 Å². The van der Waals surface area contributed by atoms with Crippen LogP contribution < -0.4 is 15.2 Å². The highest BCUT2D eigenvalue weighted by Gasteiger charge is 2.40. The molecule has 1 aromatic carbocycles. The van der Waals surface area contributed by atoms with E-state index in [-0.39, 0.29) is 0 Å². The Balaban J connectivity index is 1.69. The van der Waals surface area contributed by atoms with Crippen LogP contribution in [0, 0.1) is 11.8 Å². The number of nitrogens with zero attached hydrogens (tertiary/aromatic N) is 1. The second-order valence-corrected chi connectivity index (χ2v) is 6.04. The Kier molecular flexibility index (Phi) is 3.85. The first-order valence-corrected chi connectivity index (χ1v) is 7.40. The predicted molar refractivity (Wildman–Crippen MR) is 79.0 cm³/mol. The van der Waals surface area contributed by atoms with Crippen molar-refractivity contribution < 1.29 is 9.47 Å². The number of hydrogen-bond acceptors (Lipinski definition) is 4. The molecule has 0 bridgehead atoms. The summed E-state index contributed by atoms with van der Waals surface area (Å²) in [6.07, 6.45) is 2.50. The van der Waals surface area contributed by atoms with E-state index in [1.807, 2.05) is 12.1 Å². The molecule has 2 fully saturated rings. The number of fused-ring (bicyclic) bond motifs is 1. The van der Waals surface area contributed by atoms with Crippen LogP contribution >= 0.6 is 0 Å². The molecular formula is C16H24N2O2. The zero-order chi connectivity index (χ0) is 14.1. The quantitative estimate of drug-likeness (QED) is 0.912. The maximum atomic E-state index is 6.20. The van der Waals surface area contributed by atoms with Gasteiger partial charge in [0.05, 0.1) is 14.2 Å². The van der Waals surface area contributed by atoms with Crippen LogP contribution in [0.3, 0.4) is 0 Å². The van der Waals surface area contributed by atoms with E-state index in [1.165, 1.54) is 24.9 Å². The van der Waals surface area contributed by atoms with Gasteiger partial charge in [-0.15, -0.1) is 0 Å². The maximum absolute atomic E-state index is 6.20. The fourth-order valence-electron chi connectivity index (χ4n) is 3.75. The summed E-state index contributed by atoms with van der Waals surface area (Å²) in [5.74, 6) is 3.24. The first-order chi connectivity index (χ1) is 9.71. The van der Waals surface area contributed by atoms with Crippen molar-refractivity contribution in [1.82, 2.24) is 4.90 Å². The highest BCUT2D eigenvalue weighted by molar-refractivity contribution is 5.40. The van der Waals surface area contributed by atoms with Crippen LogP contribution in [0.15, 0.2) is 18.2 Å². The molecule has 3 atom stereocenters. The standard InChI is InChI=1S/C16H24N2O2/c1-19-13-5-3-12(16(7-13)20-2)9-18-8-11-4-6-15(17)14(11)10-18/h3,5,7,11,14-15H,4,6,8-10,17H2,1-2H3. The molecule has 110 valence electrons. The average Bonchev–Trinajstić information content (AvgIpc) is 3.01. The van der Waals surface area contributed by atoms with Crippen molar-refractivity contribution in [3.05, 3.63) is 23.8 Å². The Morgan fingerprint density at radius 3 is 2.75 bits per heavy atom. The average molecular weight is 276 g/mol. The van der Waals surface area contributed by atoms with Crippen LogP contribution in [0.5, 0.6) is 11.5 Å². The number of methoxy groups -OCH3 is 2. The van der Waals surface area contributed by atoms with Crippen LogP contribution in [0.2, 0.25) is 0 Å². The molecule has 1 heterocycles. The molecule has 1 aliphatic heterocycles. The lowest BCUT2D eigenvalue weighted by molar-refractivity contribution is 0.291. The molecule has 1 aromatic rings. The Hall–Kier alpha value is -1.26. The highest BCUT2D eigenvalue weighted by Crippen LogP contribution is 2.38. The van der Waals surface area contributed by atoms with Crippen LogP contribution in [0.4, 0.5) is 0 Å². The molecule has 1 saturated carbocycles. The van der Waals surface area contributed by atoms with Crippen molar-refractivity contribution in [2.45, 2.75) is 25.4 Å². The van der Waals surface area contributed by atoms with E-state index in [1.54, 1.807) is 14.2 Å². The van der Waals surface area contributed by atoms with Gasteiger partial charge >= 0.3 is 0 Å². The van der Waals surface area contributed by atoms with Crippen molar-refractivity contribution in [2.75, 3.05) is 27.3 Å². The summed E-state index contributed by atoms with van der Waals surface area (Å²) in [6, 6.07) is 6.47. The molecule has 4 nitrogen and oxygen atoms in total. The fourth-order valence-corrected chi connectivity index (χ4v) is 3.75. The highest BCUT2D eigenvalue weighted by atomic mass is 16.5. The van der Waals surface area contributed by atoms with Gasteiger partial charge in [-0.3, -0.25) is 4.90 Å². The zero-order valence-corrected chi connectivity index (χ0v) is 12.3. The summed E-state index contributed by atoms with van der Waals surface area (Å²) in [5.41, 5.74) is 7.43. The predicted octanol–water partition coefficient (Wildman–Crippen LogP) is 1.87. The van der Waals surface area contributed by atoms with E-state index in [9.17, 15) is 0 Å². The van der Waals surface area contributed by atoms with Crippen LogP contribution in [0.25, 0.3) is 0 Å². The molecule has 0 amide bonds. The summed E-state index contributed by atoms with van der Waals surface area (Å²) >= 11 is 0. The Bertz CT molecular complexity index is 478. The van der Waals surface area contributed by atoms with Gasteiger partial charge in [0.15, 0.2) is 0 Å². The van der Waals surface area contributed by atoms with Gasteiger partial charge in [-0.05, 0) is 30.7 Å². The van der Waals surface area contributed by atoms with E-state index in [0.717, 1.165) is 30.5 Å². The monoisotopic (exact) mass is 276 g/mol. The van der Waals surface area contributed by atoms with E-state index >= 15 is 0 Å². The Morgan fingerprint density at radius 1 is 1.20 bits per heavy atom. The van der Waals surface area contributed by atoms with Gasteiger partial charge in [0, 0.05) is 37.3 Å². The number of rotatable bonds is 4.